The summed E-state index contributed by atoms with van der Waals surface area (Å²) < 4.78 is 0. The number of carbonyl (C=O) groups is 1. The van der Waals surface area contributed by atoms with Gasteiger partial charge in [0, 0.05) is 22.0 Å². The molecule has 2 aromatic rings. The van der Waals surface area contributed by atoms with Crippen LogP contribution in [0.2, 0.25) is 10.0 Å². The fourth-order valence-corrected chi connectivity index (χ4v) is 5.85. The van der Waals surface area contributed by atoms with Gasteiger partial charge in [-0.15, -0.1) is 0 Å². The van der Waals surface area contributed by atoms with Crippen LogP contribution in [0.15, 0.2) is 59.2 Å². The molecular weight excluding hydrogens is 465 g/mol. The van der Waals surface area contributed by atoms with Crippen molar-refractivity contribution in [1.82, 2.24) is 9.91 Å². The Bertz CT molecular complexity index is 1090. The topological polar surface area (TPSA) is 35.9 Å². The van der Waals surface area contributed by atoms with E-state index in [0.29, 0.717) is 17.6 Å². The van der Waals surface area contributed by atoms with Crippen LogP contribution in [0, 0.1) is 5.92 Å². The third-order valence-electron chi connectivity index (χ3n) is 7.46. The SMILES string of the molecule is C[C@@H]1CCCCN1CC(=O)N1N=C2/C(=C\c3ccc(Cl)cc3)CCC[C@H]2[C@@H]1c1ccc(Cl)cc1. The number of nitrogens with zero attached hydrogens (tertiary/aromatic N) is 3. The lowest BCUT2D eigenvalue weighted by Crippen LogP contribution is -2.45. The number of allylic oxidation sites excluding steroid dienone is 1. The summed E-state index contributed by atoms with van der Waals surface area (Å²) >= 11 is 12.3. The lowest BCUT2D eigenvalue weighted by Gasteiger charge is -2.35. The lowest BCUT2D eigenvalue weighted by atomic mass is 9.77. The fourth-order valence-electron chi connectivity index (χ4n) is 5.60. The predicted octanol–water partition coefficient (Wildman–Crippen LogP) is 6.99. The molecular formula is C28H31Cl2N3O. The van der Waals surface area contributed by atoms with Crippen molar-refractivity contribution in [2.24, 2.45) is 11.0 Å². The average Bonchev–Trinajstić information content (AvgIpc) is 3.23. The monoisotopic (exact) mass is 495 g/mol. The number of rotatable bonds is 4. The standard InChI is InChI=1S/C28H31Cl2N3O/c1-19-5-2-3-16-32(19)18-26(34)33-28(21-10-14-24(30)15-11-21)25-7-4-6-22(27(25)31-33)17-20-8-12-23(29)13-9-20/h8-15,17,19,25,28H,2-7,16,18H2,1H3/b22-17-/t19-,25-,28+/m1/s1. The highest BCUT2D eigenvalue weighted by atomic mass is 35.5. The molecule has 1 saturated heterocycles. The number of hydrogen-bond acceptors (Lipinski definition) is 3. The van der Waals surface area contributed by atoms with Crippen LogP contribution < -0.4 is 0 Å². The molecule has 0 unspecified atom stereocenters. The minimum Gasteiger partial charge on any atom is -0.292 e. The molecule has 1 amide bonds. The van der Waals surface area contributed by atoms with E-state index >= 15 is 0 Å². The molecule has 6 heteroatoms. The van der Waals surface area contributed by atoms with Gasteiger partial charge in [0.1, 0.15) is 0 Å². The lowest BCUT2D eigenvalue weighted by molar-refractivity contribution is -0.135. The number of amides is 1. The highest BCUT2D eigenvalue weighted by Gasteiger charge is 2.44. The number of carbonyl (C=O) groups excluding carboxylic acids is 1. The highest BCUT2D eigenvalue weighted by molar-refractivity contribution is 6.30. The average molecular weight is 496 g/mol. The van der Waals surface area contributed by atoms with Gasteiger partial charge in [-0.3, -0.25) is 9.69 Å². The number of hydrazone groups is 1. The first kappa shape index (κ1) is 23.6. The van der Waals surface area contributed by atoms with E-state index in [1.54, 1.807) is 5.01 Å². The molecule has 0 aromatic heterocycles. The van der Waals surface area contributed by atoms with Gasteiger partial charge in [-0.25, -0.2) is 5.01 Å². The highest BCUT2D eigenvalue weighted by Crippen LogP contribution is 2.44. The van der Waals surface area contributed by atoms with E-state index < -0.39 is 0 Å². The Morgan fingerprint density at radius 3 is 2.41 bits per heavy atom. The van der Waals surface area contributed by atoms with Crippen molar-refractivity contribution >= 4 is 40.9 Å². The van der Waals surface area contributed by atoms with Crippen molar-refractivity contribution in [2.45, 2.75) is 57.5 Å². The van der Waals surface area contributed by atoms with Crippen LogP contribution in [-0.4, -0.2) is 40.7 Å². The van der Waals surface area contributed by atoms with E-state index in [1.807, 2.05) is 48.5 Å². The zero-order valence-electron chi connectivity index (χ0n) is 19.6. The van der Waals surface area contributed by atoms with E-state index in [-0.39, 0.29) is 17.9 Å². The van der Waals surface area contributed by atoms with Crippen LogP contribution in [0.4, 0.5) is 0 Å². The number of hydrogen-bond donors (Lipinski definition) is 0. The smallest absolute Gasteiger partial charge is 0.257 e. The van der Waals surface area contributed by atoms with Crippen molar-refractivity contribution in [3.63, 3.8) is 0 Å². The molecule has 3 aliphatic rings. The van der Waals surface area contributed by atoms with Gasteiger partial charge in [0.25, 0.3) is 5.91 Å². The maximum Gasteiger partial charge on any atom is 0.257 e. The van der Waals surface area contributed by atoms with Crippen LogP contribution in [0.1, 0.15) is 62.6 Å². The summed E-state index contributed by atoms with van der Waals surface area (Å²) in [7, 11) is 0. The summed E-state index contributed by atoms with van der Waals surface area (Å²) in [6.45, 7) is 3.63. The van der Waals surface area contributed by atoms with Crippen LogP contribution in [-0.2, 0) is 4.79 Å². The minimum atomic E-state index is -0.0891. The Labute approximate surface area is 212 Å². The maximum atomic E-state index is 13.7. The Balaban J connectivity index is 1.48. The summed E-state index contributed by atoms with van der Waals surface area (Å²) in [6, 6.07) is 16.2. The Morgan fingerprint density at radius 2 is 1.71 bits per heavy atom. The number of benzene rings is 2. The van der Waals surface area contributed by atoms with Crippen LogP contribution in [0.3, 0.4) is 0 Å². The summed E-state index contributed by atoms with van der Waals surface area (Å²) in [6.07, 6.45) is 8.83. The summed E-state index contributed by atoms with van der Waals surface area (Å²) in [5, 5.41) is 8.24. The van der Waals surface area contributed by atoms with Gasteiger partial charge in [0.05, 0.1) is 18.3 Å². The molecule has 3 atom stereocenters. The van der Waals surface area contributed by atoms with Gasteiger partial charge < -0.3 is 0 Å². The largest absolute Gasteiger partial charge is 0.292 e. The second-order valence-electron chi connectivity index (χ2n) is 9.76. The van der Waals surface area contributed by atoms with E-state index in [4.69, 9.17) is 28.3 Å². The second kappa shape index (κ2) is 10.2. The first-order valence-electron chi connectivity index (χ1n) is 12.4. The van der Waals surface area contributed by atoms with Gasteiger partial charge in [0.15, 0.2) is 0 Å². The first-order valence-corrected chi connectivity index (χ1v) is 13.1. The number of fused-ring (bicyclic) bond motifs is 1. The minimum absolute atomic E-state index is 0.0847. The van der Waals surface area contributed by atoms with E-state index in [0.717, 1.165) is 60.5 Å². The quantitative estimate of drug-likeness (QED) is 0.457. The predicted molar refractivity (Wildman–Crippen MR) is 140 cm³/mol. The fraction of sp³-hybridized carbons (Fsp3) is 0.429. The van der Waals surface area contributed by atoms with Gasteiger partial charge in [-0.1, -0.05) is 53.9 Å². The molecule has 1 saturated carbocycles. The van der Waals surface area contributed by atoms with Gasteiger partial charge in [-0.2, -0.15) is 5.10 Å². The van der Waals surface area contributed by atoms with Gasteiger partial charge >= 0.3 is 0 Å². The molecule has 1 aliphatic carbocycles. The molecule has 178 valence electrons. The number of likely N-dealkylation sites (tertiary alicyclic amines) is 1. The summed E-state index contributed by atoms with van der Waals surface area (Å²) in [5.41, 5.74) is 4.49. The molecule has 2 aliphatic heterocycles. The third kappa shape index (κ3) is 4.95. The molecule has 0 bridgehead atoms. The molecule has 5 rings (SSSR count). The van der Waals surface area contributed by atoms with Crippen molar-refractivity contribution in [3.05, 3.63) is 75.3 Å². The summed E-state index contributed by atoms with van der Waals surface area (Å²) in [4.78, 5) is 16.0. The molecule has 2 heterocycles. The van der Waals surface area contributed by atoms with Crippen molar-refractivity contribution in [1.29, 1.82) is 0 Å². The maximum absolute atomic E-state index is 13.7. The molecule has 0 N–H and O–H groups in total. The number of piperidine rings is 1. The molecule has 2 aromatic carbocycles. The van der Waals surface area contributed by atoms with Gasteiger partial charge in [0.2, 0.25) is 0 Å². The van der Waals surface area contributed by atoms with Crippen molar-refractivity contribution in [2.75, 3.05) is 13.1 Å². The van der Waals surface area contributed by atoms with E-state index in [1.165, 1.54) is 12.0 Å². The van der Waals surface area contributed by atoms with Crippen molar-refractivity contribution in [3.8, 4) is 0 Å². The van der Waals surface area contributed by atoms with Gasteiger partial charge in [-0.05, 0) is 92.6 Å². The first-order chi connectivity index (χ1) is 16.5. The summed E-state index contributed by atoms with van der Waals surface area (Å²) in [5.74, 6) is 0.276. The molecule has 2 fully saturated rings. The zero-order chi connectivity index (χ0) is 23.7. The van der Waals surface area contributed by atoms with Crippen LogP contribution >= 0.6 is 23.2 Å². The van der Waals surface area contributed by atoms with Crippen molar-refractivity contribution < 1.29 is 4.79 Å². The third-order valence-corrected chi connectivity index (χ3v) is 7.96. The molecule has 0 radical (unpaired) electrons. The number of halogens is 2. The molecule has 0 spiro atoms. The normalized spacial score (nSPS) is 26.4. The Morgan fingerprint density at radius 1 is 1.00 bits per heavy atom. The molecule has 4 nitrogen and oxygen atoms in total. The second-order valence-corrected chi connectivity index (χ2v) is 10.6. The van der Waals surface area contributed by atoms with E-state index in [2.05, 4.69) is 17.9 Å². The van der Waals surface area contributed by atoms with Crippen LogP contribution in [0.5, 0.6) is 0 Å². The Hall–Kier alpha value is -2.14. The zero-order valence-corrected chi connectivity index (χ0v) is 21.1. The molecule has 34 heavy (non-hydrogen) atoms. The Kier molecular flexibility index (Phi) is 7.10. The van der Waals surface area contributed by atoms with E-state index in [9.17, 15) is 4.79 Å². The van der Waals surface area contributed by atoms with Crippen LogP contribution in [0.25, 0.3) is 6.08 Å².